The summed E-state index contributed by atoms with van der Waals surface area (Å²) in [5.74, 6) is 0. The average Bonchev–Trinajstić information content (AvgIpc) is 3.12. The number of fused-ring (bicyclic) bond motifs is 1. The minimum absolute atomic E-state index is 0.00736. The van der Waals surface area contributed by atoms with E-state index in [4.69, 9.17) is 0 Å². The predicted octanol–water partition coefficient (Wildman–Crippen LogP) is 4.08. The molecule has 0 aliphatic heterocycles. The van der Waals surface area contributed by atoms with Crippen molar-refractivity contribution in [2.75, 3.05) is 0 Å². The van der Waals surface area contributed by atoms with Crippen molar-refractivity contribution in [3.05, 3.63) is 91.7 Å². The van der Waals surface area contributed by atoms with Crippen LogP contribution in [0, 0.1) is 0 Å². The third-order valence-electron chi connectivity index (χ3n) is 5.28. The van der Waals surface area contributed by atoms with Gasteiger partial charge in [-0.1, -0.05) is 58.4 Å². The quantitative estimate of drug-likeness (QED) is 0.484. The molecule has 0 radical (unpaired) electrons. The van der Waals surface area contributed by atoms with Crippen LogP contribution in [0.25, 0.3) is 22.2 Å². The van der Waals surface area contributed by atoms with Gasteiger partial charge < -0.3 is 4.57 Å². The lowest BCUT2D eigenvalue weighted by atomic mass is 10.1. The molecule has 6 heteroatoms. The van der Waals surface area contributed by atoms with Crippen molar-refractivity contribution in [2.45, 2.75) is 13.0 Å². The molecule has 2 heterocycles. The number of aryl methyl sites for hydroxylation is 1. The molecule has 0 saturated heterocycles. The molecule has 4 aromatic rings. The van der Waals surface area contributed by atoms with Crippen molar-refractivity contribution >= 4 is 26.8 Å². The highest BCUT2D eigenvalue weighted by molar-refractivity contribution is 9.10. The number of hydrogen-bond donors (Lipinski definition) is 0. The molecule has 0 fully saturated rings. The van der Waals surface area contributed by atoms with Crippen LogP contribution < -0.4 is 11.2 Å². The number of hydrogen-bond acceptors (Lipinski definition) is 2. The highest BCUT2D eigenvalue weighted by atomic mass is 79.9. The van der Waals surface area contributed by atoms with E-state index in [1.165, 1.54) is 16.2 Å². The molecule has 0 saturated carbocycles. The van der Waals surface area contributed by atoms with Gasteiger partial charge >= 0.3 is 5.69 Å². The highest BCUT2D eigenvalue weighted by Crippen LogP contribution is 2.33. The third-order valence-corrected chi connectivity index (χ3v) is 5.81. The summed E-state index contributed by atoms with van der Waals surface area (Å²) < 4.78 is 5.76. The number of halogens is 1. The summed E-state index contributed by atoms with van der Waals surface area (Å²) in [7, 11) is 3.22. The Morgan fingerprint density at radius 1 is 0.893 bits per heavy atom. The summed E-state index contributed by atoms with van der Waals surface area (Å²) in [6, 6.07) is 18.0. The molecule has 0 spiro atoms. The summed E-state index contributed by atoms with van der Waals surface area (Å²) in [6.07, 6.45) is 1.91. The van der Waals surface area contributed by atoms with E-state index < -0.39 is 0 Å². The van der Waals surface area contributed by atoms with Crippen molar-refractivity contribution in [2.24, 2.45) is 14.1 Å². The van der Waals surface area contributed by atoms with E-state index in [0.717, 1.165) is 21.3 Å². The number of nitrogens with zero attached hydrogens (tertiary/aromatic N) is 3. The minimum Gasteiger partial charge on any atom is -0.337 e. The fourth-order valence-corrected chi connectivity index (χ4v) is 3.92. The van der Waals surface area contributed by atoms with Gasteiger partial charge in [0.15, 0.2) is 0 Å². The van der Waals surface area contributed by atoms with Crippen LogP contribution in [0.15, 0.2) is 74.9 Å². The molecule has 1 atom stereocenters. The Balaban J connectivity index is 2.12. The molecule has 1 unspecified atom stereocenters. The largest absolute Gasteiger partial charge is 0.337 e. The van der Waals surface area contributed by atoms with Gasteiger partial charge in [0.25, 0.3) is 5.56 Å². The van der Waals surface area contributed by atoms with E-state index in [9.17, 15) is 9.59 Å². The van der Waals surface area contributed by atoms with Crippen LogP contribution in [0.3, 0.4) is 0 Å². The molecule has 2 aromatic heterocycles. The van der Waals surface area contributed by atoms with Gasteiger partial charge in [-0.3, -0.25) is 13.9 Å². The van der Waals surface area contributed by atoms with Crippen molar-refractivity contribution in [1.82, 2.24) is 13.7 Å². The molecule has 28 heavy (non-hydrogen) atoms. The molecular weight excluding hydrogens is 418 g/mol. The van der Waals surface area contributed by atoms with E-state index in [-0.39, 0.29) is 17.3 Å². The lowest BCUT2D eigenvalue weighted by Crippen LogP contribution is -2.36. The first-order valence-corrected chi connectivity index (χ1v) is 9.81. The first-order chi connectivity index (χ1) is 13.4. The third kappa shape index (κ3) is 2.85. The summed E-state index contributed by atoms with van der Waals surface area (Å²) in [5, 5.41) is 0.551. The maximum Gasteiger partial charge on any atom is 0.330 e. The van der Waals surface area contributed by atoms with E-state index >= 15 is 0 Å². The lowest BCUT2D eigenvalue weighted by molar-refractivity contribution is 0.650. The van der Waals surface area contributed by atoms with Crippen molar-refractivity contribution < 1.29 is 0 Å². The van der Waals surface area contributed by atoms with Crippen molar-refractivity contribution in [1.29, 1.82) is 0 Å². The van der Waals surface area contributed by atoms with Gasteiger partial charge in [0, 0.05) is 24.8 Å². The molecule has 0 amide bonds. The van der Waals surface area contributed by atoms with Gasteiger partial charge in [0.1, 0.15) is 0 Å². The fraction of sp³-hybridized carbons (Fsp3) is 0.182. The first kappa shape index (κ1) is 18.5. The second-order valence-corrected chi connectivity index (χ2v) is 7.86. The zero-order valence-electron chi connectivity index (χ0n) is 15.9. The number of aromatic nitrogens is 3. The van der Waals surface area contributed by atoms with Crippen LogP contribution in [0.1, 0.15) is 18.5 Å². The van der Waals surface area contributed by atoms with Crippen LogP contribution in [0.4, 0.5) is 0 Å². The topological polar surface area (TPSA) is 48.9 Å². The summed E-state index contributed by atoms with van der Waals surface area (Å²) in [5.41, 5.74) is 2.89. The molecule has 0 bridgehead atoms. The van der Waals surface area contributed by atoms with Crippen molar-refractivity contribution in [3.8, 4) is 11.3 Å². The standard InChI is InChI=1S/C22H20BrN3O2/c1-14(15-7-5-4-6-8-15)26-13-18-19(21(27)25(3)22(28)24(18)2)20(26)16-9-11-17(23)12-10-16/h4-14H,1-3H3. The summed E-state index contributed by atoms with van der Waals surface area (Å²) >= 11 is 3.47. The molecule has 142 valence electrons. The van der Waals surface area contributed by atoms with Gasteiger partial charge in [-0.15, -0.1) is 0 Å². The normalized spacial score (nSPS) is 12.4. The van der Waals surface area contributed by atoms with Gasteiger partial charge in [-0.05, 0) is 30.2 Å². The van der Waals surface area contributed by atoms with Gasteiger partial charge in [-0.25, -0.2) is 4.79 Å². The van der Waals surface area contributed by atoms with Crippen molar-refractivity contribution in [3.63, 3.8) is 0 Å². The Labute approximate surface area is 170 Å². The maximum absolute atomic E-state index is 13.1. The second-order valence-electron chi connectivity index (χ2n) is 6.94. The SMILES string of the molecule is CC(c1ccccc1)n1cc2c(c1-c1ccc(Br)cc1)c(=O)n(C)c(=O)n2C. The van der Waals surface area contributed by atoms with Gasteiger partial charge in [0.2, 0.25) is 0 Å². The zero-order valence-corrected chi connectivity index (χ0v) is 17.5. The van der Waals surface area contributed by atoms with E-state index in [0.29, 0.717) is 10.9 Å². The maximum atomic E-state index is 13.1. The van der Waals surface area contributed by atoms with Crippen LogP contribution in [0.5, 0.6) is 0 Å². The van der Waals surface area contributed by atoms with Gasteiger partial charge in [-0.2, -0.15) is 0 Å². The zero-order chi connectivity index (χ0) is 20.0. The summed E-state index contributed by atoms with van der Waals surface area (Å²) in [4.78, 5) is 25.5. The molecule has 0 N–H and O–H groups in total. The molecule has 2 aromatic carbocycles. The minimum atomic E-state index is -0.329. The molecule has 0 aliphatic rings. The van der Waals surface area contributed by atoms with Crippen LogP contribution in [-0.2, 0) is 14.1 Å². The molecule has 4 rings (SSSR count). The monoisotopic (exact) mass is 437 g/mol. The smallest absolute Gasteiger partial charge is 0.330 e. The Hall–Kier alpha value is -2.86. The first-order valence-electron chi connectivity index (χ1n) is 9.01. The lowest BCUT2D eigenvalue weighted by Gasteiger charge is -2.18. The fourth-order valence-electron chi connectivity index (χ4n) is 3.66. The highest BCUT2D eigenvalue weighted by Gasteiger charge is 2.22. The number of benzene rings is 2. The Morgan fingerprint density at radius 3 is 2.18 bits per heavy atom. The Bertz CT molecular complexity index is 1280. The Kier molecular flexibility index (Phi) is 4.59. The van der Waals surface area contributed by atoms with Gasteiger partial charge in [0.05, 0.1) is 22.6 Å². The predicted molar refractivity (Wildman–Crippen MR) is 116 cm³/mol. The average molecular weight is 438 g/mol. The molecule has 0 aliphatic carbocycles. The van der Waals surface area contributed by atoms with E-state index in [1.54, 1.807) is 7.05 Å². The second kappa shape index (κ2) is 6.95. The summed E-state index contributed by atoms with van der Waals surface area (Å²) in [6.45, 7) is 2.10. The molecular formula is C22H20BrN3O2. The number of rotatable bonds is 3. The molecule has 5 nitrogen and oxygen atoms in total. The van der Waals surface area contributed by atoms with Crippen LogP contribution in [0.2, 0.25) is 0 Å². The van der Waals surface area contributed by atoms with Crippen LogP contribution >= 0.6 is 15.9 Å². The van der Waals surface area contributed by atoms with Crippen LogP contribution in [-0.4, -0.2) is 13.7 Å². The van der Waals surface area contributed by atoms with E-state index in [2.05, 4.69) is 39.6 Å². The van der Waals surface area contributed by atoms with E-state index in [1.807, 2.05) is 48.7 Å². The Morgan fingerprint density at radius 2 is 1.54 bits per heavy atom.